The first-order valence-corrected chi connectivity index (χ1v) is 12.2. The lowest BCUT2D eigenvalue weighted by molar-refractivity contribution is -0.139. The summed E-state index contributed by atoms with van der Waals surface area (Å²) >= 11 is 0. The highest BCUT2D eigenvalue weighted by Crippen LogP contribution is 2.44. The minimum Gasteiger partial charge on any atom is -0.493 e. The van der Waals surface area contributed by atoms with Gasteiger partial charge in [0.25, 0.3) is 0 Å². The summed E-state index contributed by atoms with van der Waals surface area (Å²) in [6.07, 6.45) is 7.60. The lowest BCUT2D eigenvalue weighted by Gasteiger charge is -2.41. The molecule has 3 aliphatic rings. The zero-order chi connectivity index (χ0) is 23.4. The van der Waals surface area contributed by atoms with Crippen molar-refractivity contribution in [2.24, 2.45) is 5.41 Å². The second kappa shape index (κ2) is 10.2. The number of nitrogens with one attached hydrogen (secondary N) is 1. The van der Waals surface area contributed by atoms with E-state index in [9.17, 15) is 14.7 Å². The number of amides is 2. The number of hydrogen-bond acceptors (Lipinski definition) is 7. The fraction of sp³-hybridized carbons (Fsp3) is 0.708. The largest absolute Gasteiger partial charge is 0.493 e. The first-order valence-electron chi connectivity index (χ1n) is 12.2. The summed E-state index contributed by atoms with van der Waals surface area (Å²) in [6, 6.07) is 1.99. The zero-order valence-electron chi connectivity index (χ0n) is 19.7. The number of piperidine rings is 1. The molecule has 9 heteroatoms. The topological polar surface area (TPSA) is 104 Å². The monoisotopic (exact) mass is 460 g/mol. The van der Waals surface area contributed by atoms with Gasteiger partial charge in [-0.3, -0.25) is 10.1 Å². The number of carbonyl (C=O) groups excluding carboxylic acids is 2. The third-order valence-electron chi connectivity index (χ3n) is 7.27. The van der Waals surface area contributed by atoms with Crippen molar-refractivity contribution in [1.29, 1.82) is 0 Å². The van der Waals surface area contributed by atoms with Gasteiger partial charge in [0.15, 0.2) is 11.6 Å². The number of aromatic nitrogens is 1. The summed E-state index contributed by atoms with van der Waals surface area (Å²) in [6.45, 7) is 4.51. The molecule has 2 saturated heterocycles. The standard InChI is InChI=1S/C24H36N4O5/c1-3-13-33-23(31)26-17-14-20(32-2)21(25-15-17)27-11-4-9-24(16-27)10-12-28(22(24)30)18-5-7-19(29)8-6-18/h14-15,18-19,29H,3-13,16H2,1-2H3,(H,26,31)/t18?,19?,24-/m1/s1. The SMILES string of the molecule is CCCOC(=O)Nc1cnc(N2CCC[C@@]3(CCN(C4CCC(O)CC4)C3=O)C2)c(OC)c1. The molecule has 3 heterocycles. The molecule has 0 radical (unpaired) electrons. The molecule has 0 aromatic carbocycles. The summed E-state index contributed by atoms with van der Waals surface area (Å²) in [5.74, 6) is 1.50. The van der Waals surface area contributed by atoms with Crippen LogP contribution in [0.3, 0.4) is 0 Å². The fourth-order valence-electron chi connectivity index (χ4n) is 5.50. The number of methoxy groups -OCH3 is 1. The van der Waals surface area contributed by atoms with Crippen molar-refractivity contribution in [2.45, 2.75) is 70.4 Å². The van der Waals surface area contributed by atoms with Crippen molar-refractivity contribution < 1.29 is 24.2 Å². The number of pyridine rings is 1. The van der Waals surface area contributed by atoms with Gasteiger partial charge in [-0.1, -0.05) is 6.92 Å². The molecule has 4 rings (SSSR count). The number of rotatable bonds is 6. The second-order valence-electron chi connectivity index (χ2n) is 9.53. The number of nitrogens with zero attached hydrogens (tertiary/aromatic N) is 3. The molecule has 1 aromatic heterocycles. The number of anilines is 2. The van der Waals surface area contributed by atoms with Crippen LogP contribution in [0.15, 0.2) is 12.3 Å². The van der Waals surface area contributed by atoms with Gasteiger partial charge >= 0.3 is 6.09 Å². The van der Waals surface area contributed by atoms with E-state index in [0.717, 1.165) is 64.5 Å². The van der Waals surface area contributed by atoms with Crippen molar-refractivity contribution in [3.05, 3.63) is 12.3 Å². The highest BCUT2D eigenvalue weighted by molar-refractivity contribution is 5.87. The van der Waals surface area contributed by atoms with Crippen molar-refractivity contribution >= 4 is 23.5 Å². The van der Waals surface area contributed by atoms with Crippen LogP contribution in [0.2, 0.25) is 0 Å². The number of aliphatic hydroxyl groups is 1. The fourth-order valence-corrected chi connectivity index (χ4v) is 5.50. The molecule has 1 atom stereocenters. The van der Waals surface area contributed by atoms with Crippen LogP contribution < -0.4 is 15.0 Å². The Morgan fingerprint density at radius 1 is 1.27 bits per heavy atom. The van der Waals surface area contributed by atoms with Crippen molar-refractivity contribution in [3.63, 3.8) is 0 Å². The molecular weight excluding hydrogens is 424 g/mol. The maximum Gasteiger partial charge on any atom is 0.411 e. The molecule has 3 fully saturated rings. The van der Waals surface area contributed by atoms with Gasteiger partial charge in [0.1, 0.15) is 0 Å². The van der Waals surface area contributed by atoms with Gasteiger partial charge < -0.3 is 24.4 Å². The summed E-state index contributed by atoms with van der Waals surface area (Å²) in [7, 11) is 1.58. The van der Waals surface area contributed by atoms with Crippen LogP contribution in [-0.4, -0.2) is 72.5 Å². The normalized spacial score (nSPS) is 27.7. The van der Waals surface area contributed by atoms with Crippen molar-refractivity contribution in [2.75, 3.05) is 43.6 Å². The van der Waals surface area contributed by atoms with Crippen LogP contribution in [0.1, 0.15) is 58.3 Å². The number of ether oxygens (including phenoxy) is 2. The van der Waals surface area contributed by atoms with Crippen molar-refractivity contribution in [3.8, 4) is 5.75 Å². The summed E-state index contributed by atoms with van der Waals surface area (Å²) < 4.78 is 10.7. The summed E-state index contributed by atoms with van der Waals surface area (Å²) in [4.78, 5) is 34.3. The molecule has 0 bridgehead atoms. The number of hydrogen-bond donors (Lipinski definition) is 2. The second-order valence-corrected chi connectivity index (χ2v) is 9.53. The third kappa shape index (κ3) is 5.03. The number of likely N-dealkylation sites (tertiary alicyclic amines) is 1. The first kappa shape index (κ1) is 23.6. The Morgan fingerprint density at radius 3 is 2.79 bits per heavy atom. The molecule has 33 heavy (non-hydrogen) atoms. The van der Waals surface area contributed by atoms with E-state index in [2.05, 4.69) is 20.1 Å². The zero-order valence-corrected chi connectivity index (χ0v) is 19.7. The maximum atomic E-state index is 13.6. The molecule has 0 unspecified atom stereocenters. The van der Waals surface area contributed by atoms with E-state index in [1.54, 1.807) is 19.4 Å². The van der Waals surface area contributed by atoms with Crippen LogP contribution in [0.4, 0.5) is 16.3 Å². The Balaban J connectivity index is 1.46. The molecular formula is C24H36N4O5. The minimum absolute atomic E-state index is 0.220. The maximum absolute atomic E-state index is 13.6. The molecule has 2 N–H and O–H groups in total. The molecule has 182 valence electrons. The highest BCUT2D eigenvalue weighted by atomic mass is 16.5. The number of carbonyl (C=O) groups is 2. The van der Waals surface area contributed by atoms with Gasteiger partial charge in [0.2, 0.25) is 5.91 Å². The molecule has 2 aliphatic heterocycles. The predicted molar refractivity (Wildman–Crippen MR) is 125 cm³/mol. The predicted octanol–water partition coefficient (Wildman–Crippen LogP) is 3.17. The molecule has 1 aliphatic carbocycles. The van der Waals surface area contributed by atoms with Gasteiger partial charge in [0, 0.05) is 31.7 Å². The Kier molecular flexibility index (Phi) is 7.26. The van der Waals surface area contributed by atoms with Gasteiger partial charge in [-0.15, -0.1) is 0 Å². The first-order chi connectivity index (χ1) is 16.0. The van der Waals surface area contributed by atoms with Crippen LogP contribution in [0.5, 0.6) is 5.75 Å². The van der Waals surface area contributed by atoms with Crippen LogP contribution >= 0.6 is 0 Å². The third-order valence-corrected chi connectivity index (χ3v) is 7.27. The molecule has 1 saturated carbocycles. The molecule has 1 spiro atoms. The Hall–Kier alpha value is -2.55. The van der Waals surface area contributed by atoms with E-state index in [1.807, 2.05) is 6.92 Å². The Bertz CT molecular complexity index is 857. The van der Waals surface area contributed by atoms with E-state index >= 15 is 0 Å². The van der Waals surface area contributed by atoms with Crippen LogP contribution in [0, 0.1) is 5.41 Å². The number of aliphatic hydroxyl groups excluding tert-OH is 1. The van der Waals surface area contributed by atoms with Gasteiger partial charge in [-0.25, -0.2) is 9.78 Å². The van der Waals surface area contributed by atoms with E-state index in [0.29, 0.717) is 30.4 Å². The Labute approximate surface area is 195 Å². The minimum atomic E-state index is -0.516. The van der Waals surface area contributed by atoms with Crippen molar-refractivity contribution in [1.82, 2.24) is 9.88 Å². The molecule has 1 aromatic rings. The lowest BCUT2D eigenvalue weighted by atomic mass is 9.78. The highest BCUT2D eigenvalue weighted by Gasteiger charge is 2.51. The smallest absolute Gasteiger partial charge is 0.411 e. The lowest BCUT2D eigenvalue weighted by Crippen LogP contribution is -2.50. The Morgan fingerprint density at radius 2 is 2.06 bits per heavy atom. The summed E-state index contributed by atoms with van der Waals surface area (Å²) in [5.41, 5.74) is 0.119. The van der Waals surface area contributed by atoms with Crippen LogP contribution in [-0.2, 0) is 9.53 Å². The average Bonchev–Trinajstić information content (AvgIpc) is 3.13. The average molecular weight is 461 g/mol. The van der Waals surface area contributed by atoms with Crippen LogP contribution in [0.25, 0.3) is 0 Å². The molecule has 9 nitrogen and oxygen atoms in total. The summed E-state index contributed by atoms with van der Waals surface area (Å²) in [5, 5.41) is 12.5. The van der Waals surface area contributed by atoms with Gasteiger partial charge in [-0.2, -0.15) is 0 Å². The van der Waals surface area contributed by atoms with E-state index in [4.69, 9.17) is 9.47 Å². The van der Waals surface area contributed by atoms with E-state index < -0.39 is 6.09 Å². The molecule has 2 amide bonds. The van der Waals surface area contributed by atoms with E-state index in [-0.39, 0.29) is 23.5 Å². The van der Waals surface area contributed by atoms with Gasteiger partial charge in [-0.05, 0) is 51.4 Å². The van der Waals surface area contributed by atoms with E-state index in [1.165, 1.54) is 0 Å². The quantitative estimate of drug-likeness (QED) is 0.672. The van der Waals surface area contributed by atoms with Gasteiger partial charge in [0.05, 0.1) is 37.1 Å².